The molecule has 0 aliphatic heterocycles. The van der Waals surface area contributed by atoms with Gasteiger partial charge in [-0.15, -0.1) is 0 Å². The second kappa shape index (κ2) is 11.6. The molecule has 8 heteroatoms. The number of hydroxylamine groups is 1. The van der Waals surface area contributed by atoms with Crippen LogP contribution in [-0.2, 0) is 9.59 Å². The molecule has 0 unspecified atom stereocenters. The van der Waals surface area contributed by atoms with Crippen molar-refractivity contribution in [2.24, 2.45) is 0 Å². The monoisotopic (exact) mass is 434 g/mol. The highest BCUT2D eigenvalue weighted by Crippen LogP contribution is 2.14. The molecule has 0 aliphatic carbocycles. The minimum Gasteiger partial charge on any atom is -0.340 e. The Balaban J connectivity index is 1.66. The maximum atomic E-state index is 12.9. The third kappa shape index (κ3) is 6.61. The van der Waals surface area contributed by atoms with Crippen LogP contribution in [0.5, 0.6) is 0 Å². The van der Waals surface area contributed by atoms with Gasteiger partial charge in [-0.1, -0.05) is 49.2 Å². The van der Waals surface area contributed by atoms with Crippen LogP contribution >= 0.6 is 0 Å². The number of nitrogens with one attached hydrogen (secondary N) is 3. The van der Waals surface area contributed by atoms with Crippen molar-refractivity contribution in [3.63, 3.8) is 0 Å². The Labute approximate surface area is 186 Å². The molecular weight excluding hydrogens is 408 g/mol. The fourth-order valence-corrected chi connectivity index (χ4v) is 3.32. The van der Waals surface area contributed by atoms with Crippen LogP contribution in [0.2, 0.25) is 0 Å². The first-order valence-electron chi connectivity index (χ1n) is 10.5. The third-order valence-electron chi connectivity index (χ3n) is 5.04. The van der Waals surface area contributed by atoms with E-state index in [-0.39, 0.29) is 18.2 Å². The number of anilines is 1. The molecular formula is C24H26N4O4. The van der Waals surface area contributed by atoms with Gasteiger partial charge in [0.1, 0.15) is 6.04 Å². The second-order valence-corrected chi connectivity index (χ2v) is 7.43. The van der Waals surface area contributed by atoms with Crippen LogP contribution in [0, 0.1) is 0 Å². The number of amides is 3. The first kappa shape index (κ1) is 22.9. The fourth-order valence-electron chi connectivity index (χ4n) is 3.32. The molecule has 32 heavy (non-hydrogen) atoms. The van der Waals surface area contributed by atoms with E-state index in [1.165, 1.54) is 6.20 Å². The molecule has 3 amide bonds. The first-order valence-corrected chi connectivity index (χ1v) is 10.5. The molecule has 8 nitrogen and oxygen atoms in total. The van der Waals surface area contributed by atoms with Crippen LogP contribution in [0.25, 0.3) is 10.9 Å². The largest absolute Gasteiger partial charge is 0.340 e. The molecule has 166 valence electrons. The predicted octanol–water partition coefficient (Wildman–Crippen LogP) is 3.43. The van der Waals surface area contributed by atoms with E-state index in [1.54, 1.807) is 23.7 Å². The summed E-state index contributed by atoms with van der Waals surface area (Å²) in [7, 11) is 0. The summed E-state index contributed by atoms with van der Waals surface area (Å²) in [6.07, 6.45) is 3.98. The summed E-state index contributed by atoms with van der Waals surface area (Å²) >= 11 is 0. The Morgan fingerprint density at radius 3 is 2.47 bits per heavy atom. The standard InChI is InChI=1S/C24H26N4O4/c29-22(28-32)14-6-2-5-13-21(24(31)26-19-10-3-1-4-11-19)27-23(30)18-15-17-9-7-8-12-20(17)25-16-18/h1,3-4,7-12,15-16,21,32H,2,5-6,13-14H2,(H,26,31)(H,27,30)(H,28,29)/t21-/m1/s1. The van der Waals surface area contributed by atoms with Gasteiger partial charge in [-0.05, 0) is 37.1 Å². The summed E-state index contributed by atoms with van der Waals surface area (Å²) in [6, 6.07) is 17.5. The maximum absolute atomic E-state index is 12.9. The van der Waals surface area contributed by atoms with Gasteiger partial charge in [0.2, 0.25) is 11.8 Å². The molecule has 1 heterocycles. The number of benzene rings is 2. The highest BCUT2D eigenvalue weighted by Gasteiger charge is 2.22. The van der Waals surface area contributed by atoms with E-state index in [9.17, 15) is 14.4 Å². The number of fused-ring (bicyclic) bond motifs is 1. The van der Waals surface area contributed by atoms with E-state index in [2.05, 4.69) is 15.6 Å². The van der Waals surface area contributed by atoms with E-state index < -0.39 is 11.9 Å². The highest BCUT2D eigenvalue weighted by molar-refractivity contribution is 6.02. The van der Waals surface area contributed by atoms with E-state index >= 15 is 0 Å². The van der Waals surface area contributed by atoms with Gasteiger partial charge in [-0.3, -0.25) is 24.6 Å². The smallest absolute Gasteiger partial charge is 0.253 e. The zero-order chi connectivity index (χ0) is 22.8. The number of pyridine rings is 1. The highest BCUT2D eigenvalue weighted by atomic mass is 16.5. The summed E-state index contributed by atoms with van der Waals surface area (Å²) in [5.41, 5.74) is 3.41. The summed E-state index contributed by atoms with van der Waals surface area (Å²) in [4.78, 5) is 41.2. The van der Waals surface area contributed by atoms with Crippen LogP contribution in [0.1, 0.15) is 42.5 Å². The lowest BCUT2D eigenvalue weighted by atomic mass is 10.0. The van der Waals surface area contributed by atoms with Crippen LogP contribution < -0.4 is 16.1 Å². The van der Waals surface area contributed by atoms with Gasteiger partial charge >= 0.3 is 0 Å². The Hall–Kier alpha value is -3.78. The Morgan fingerprint density at radius 1 is 0.938 bits per heavy atom. The van der Waals surface area contributed by atoms with E-state index in [0.717, 1.165) is 10.9 Å². The summed E-state index contributed by atoms with van der Waals surface area (Å²) in [5, 5.41) is 15.1. The van der Waals surface area contributed by atoms with Crippen molar-refractivity contribution in [1.29, 1.82) is 0 Å². The SMILES string of the molecule is O=C(CCCCC[C@@H](NC(=O)c1cnc2ccccc2c1)C(=O)Nc1ccccc1)NO. The molecule has 4 N–H and O–H groups in total. The number of carbonyl (C=O) groups is 3. The van der Waals surface area contributed by atoms with Crippen molar-refractivity contribution in [3.05, 3.63) is 72.4 Å². The molecule has 3 rings (SSSR count). The molecule has 3 aromatic rings. The van der Waals surface area contributed by atoms with Crippen molar-refractivity contribution in [2.45, 2.75) is 38.1 Å². The molecule has 0 radical (unpaired) electrons. The normalized spacial score (nSPS) is 11.5. The average Bonchev–Trinajstić information content (AvgIpc) is 2.83. The molecule has 0 bridgehead atoms. The molecule has 1 atom stereocenters. The first-order chi connectivity index (χ1) is 15.6. The van der Waals surface area contributed by atoms with Crippen LogP contribution in [0.15, 0.2) is 66.9 Å². The van der Waals surface area contributed by atoms with Gasteiger partial charge < -0.3 is 10.6 Å². The van der Waals surface area contributed by atoms with Gasteiger partial charge in [0.25, 0.3) is 5.91 Å². The lowest BCUT2D eigenvalue weighted by Gasteiger charge is -2.19. The number of hydrogen-bond donors (Lipinski definition) is 4. The van der Waals surface area contributed by atoms with Crippen molar-refractivity contribution >= 4 is 34.3 Å². The van der Waals surface area contributed by atoms with Gasteiger partial charge in [0.15, 0.2) is 0 Å². The van der Waals surface area contributed by atoms with Crippen molar-refractivity contribution in [1.82, 2.24) is 15.8 Å². The Morgan fingerprint density at radius 2 is 1.69 bits per heavy atom. The van der Waals surface area contributed by atoms with Gasteiger partial charge in [-0.2, -0.15) is 0 Å². The fraction of sp³-hybridized carbons (Fsp3) is 0.250. The van der Waals surface area contributed by atoms with Gasteiger partial charge in [-0.25, -0.2) is 5.48 Å². The molecule has 0 fully saturated rings. The number of rotatable bonds is 10. The average molecular weight is 434 g/mol. The van der Waals surface area contributed by atoms with E-state index in [1.807, 2.05) is 42.5 Å². The van der Waals surface area contributed by atoms with Crippen molar-refractivity contribution < 1.29 is 19.6 Å². The maximum Gasteiger partial charge on any atom is 0.253 e. The number of para-hydroxylation sites is 2. The summed E-state index contributed by atoms with van der Waals surface area (Å²) < 4.78 is 0. The number of hydrogen-bond acceptors (Lipinski definition) is 5. The minimum absolute atomic E-state index is 0.201. The summed E-state index contributed by atoms with van der Waals surface area (Å²) in [6.45, 7) is 0. The van der Waals surface area contributed by atoms with Crippen molar-refractivity contribution in [2.75, 3.05) is 5.32 Å². The van der Waals surface area contributed by atoms with Crippen LogP contribution in [-0.4, -0.2) is 34.0 Å². The lowest BCUT2D eigenvalue weighted by Crippen LogP contribution is -2.43. The van der Waals surface area contributed by atoms with Crippen LogP contribution in [0.3, 0.4) is 0 Å². The topological polar surface area (TPSA) is 120 Å². The van der Waals surface area contributed by atoms with Gasteiger partial charge in [0.05, 0.1) is 11.1 Å². The number of carbonyl (C=O) groups excluding carboxylic acids is 3. The lowest BCUT2D eigenvalue weighted by molar-refractivity contribution is -0.129. The molecule has 0 aliphatic rings. The predicted molar refractivity (Wildman–Crippen MR) is 121 cm³/mol. The quantitative estimate of drug-likeness (QED) is 0.221. The molecule has 0 saturated carbocycles. The molecule has 1 aromatic heterocycles. The Bertz CT molecular complexity index is 1070. The van der Waals surface area contributed by atoms with Crippen LogP contribution in [0.4, 0.5) is 5.69 Å². The molecule has 2 aromatic carbocycles. The molecule has 0 spiro atoms. The van der Waals surface area contributed by atoms with Crippen molar-refractivity contribution in [3.8, 4) is 0 Å². The zero-order valence-electron chi connectivity index (χ0n) is 17.6. The summed E-state index contributed by atoms with van der Waals surface area (Å²) in [5.74, 6) is -1.14. The minimum atomic E-state index is -0.749. The second-order valence-electron chi connectivity index (χ2n) is 7.43. The number of aromatic nitrogens is 1. The zero-order valence-corrected chi connectivity index (χ0v) is 17.6. The number of nitrogens with zero attached hydrogens (tertiary/aromatic N) is 1. The van der Waals surface area contributed by atoms with E-state index in [4.69, 9.17) is 5.21 Å². The third-order valence-corrected chi connectivity index (χ3v) is 5.04. The Kier molecular flexibility index (Phi) is 8.28. The van der Waals surface area contributed by atoms with E-state index in [0.29, 0.717) is 36.9 Å². The van der Waals surface area contributed by atoms with Gasteiger partial charge in [0, 0.05) is 23.7 Å². The number of unbranched alkanes of at least 4 members (excludes halogenated alkanes) is 2. The molecule has 0 saturated heterocycles.